The second kappa shape index (κ2) is 10.2. The van der Waals surface area contributed by atoms with Gasteiger partial charge in [0.2, 0.25) is 0 Å². The summed E-state index contributed by atoms with van der Waals surface area (Å²) in [5.41, 5.74) is 0.944. The van der Waals surface area contributed by atoms with E-state index in [2.05, 4.69) is 51.5 Å². The highest BCUT2D eigenvalue weighted by Gasteiger charge is 2.21. The van der Waals surface area contributed by atoms with Crippen molar-refractivity contribution in [1.82, 2.24) is 30.7 Å². The van der Waals surface area contributed by atoms with Gasteiger partial charge in [-0.15, -0.1) is 0 Å². The minimum Gasteiger partial charge on any atom is -0.497 e. The fourth-order valence-corrected chi connectivity index (χ4v) is 3.46. The Bertz CT molecular complexity index is 777. The van der Waals surface area contributed by atoms with E-state index >= 15 is 0 Å². The fraction of sp³-hybridized carbons (Fsp3) is 0.571. The molecule has 0 atom stereocenters. The largest absolute Gasteiger partial charge is 0.497 e. The van der Waals surface area contributed by atoms with E-state index in [1.807, 2.05) is 24.3 Å². The van der Waals surface area contributed by atoms with E-state index < -0.39 is 0 Å². The Kier molecular flexibility index (Phi) is 7.46. The number of H-pyrrole nitrogens is 1. The lowest BCUT2D eigenvalue weighted by atomic mass is 10.0. The van der Waals surface area contributed by atoms with Gasteiger partial charge in [-0.05, 0) is 57.9 Å². The Labute approximate surface area is 173 Å². The third kappa shape index (κ3) is 5.93. The molecule has 0 radical (unpaired) electrons. The molecule has 1 saturated heterocycles. The van der Waals surface area contributed by atoms with Crippen LogP contribution in [0, 0.1) is 0 Å². The molecule has 158 valence electrons. The second-order valence-corrected chi connectivity index (χ2v) is 7.58. The van der Waals surface area contributed by atoms with Crippen LogP contribution >= 0.6 is 0 Å². The maximum atomic E-state index is 5.19. The predicted molar refractivity (Wildman–Crippen MR) is 116 cm³/mol. The zero-order chi connectivity index (χ0) is 20.6. The van der Waals surface area contributed by atoms with Gasteiger partial charge in [-0.2, -0.15) is 5.10 Å². The van der Waals surface area contributed by atoms with Crippen LogP contribution in [0.3, 0.4) is 0 Å². The summed E-state index contributed by atoms with van der Waals surface area (Å²) in [4.78, 5) is 11.8. The standard InChI is InChI=1S/C21H33N7O/c1-5-22-21(24-17-10-12-28(13-11-17)15(2)3)23-14-19-25-20(27-26-19)16-6-8-18(29-4)9-7-16/h6-9,15,17H,5,10-14H2,1-4H3,(H2,22,23,24)(H,25,26,27). The van der Waals surface area contributed by atoms with Crippen LogP contribution in [0.15, 0.2) is 29.3 Å². The predicted octanol–water partition coefficient (Wildman–Crippen LogP) is 2.41. The van der Waals surface area contributed by atoms with Gasteiger partial charge in [0.1, 0.15) is 18.1 Å². The fourth-order valence-electron chi connectivity index (χ4n) is 3.46. The number of piperidine rings is 1. The van der Waals surface area contributed by atoms with Gasteiger partial charge in [-0.3, -0.25) is 5.10 Å². The van der Waals surface area contributed by atoms with Gasteiger partial charge >= 0.3 is 0 Å². The normalized spacial score (nSPS) is 16.2. The van der Waals surface area contributed by atoms with E-state index in [4.69, 9.17) is 9.73 Å². The zero-order valence-corrected chi connectivity index (χ0v) is 17.9. The smallest absolute Gasteiger partial charge is 0.191 e. The molecule has 3 N–H and O–H groups in total. The average molecular weight is 400 g/mol. The summed E-state index contributed by atoms with van der Waals surface area (Å²) in [6, 6.07) is 8.77. The highest BCUT2D eigenvalue weighted by molar-refractivity contribution is 5.80. The number of nitrogens with zero attached hydrogens (tertiary/aromatic N) is 4. The van der Waals surface area contributed by atoms with Gasteiger partial charge in [0.05, 0.1) is 7.11 Å². The number of guanidine groups is 1. The number of likely N-dealkylation sites (tertiary alicyclic amines) is 1. The number of aliphatic imine (C=N–C) groups is 1. The maximum absolute atomic E-state index is 5.19. The summed E-state index contributed by atoms with van der Waals surface area (Å²) in [6.07, 6.45) is 2.26. The molecule has 0 amide bonds. The van der Waals surface area contributed by atoms with Gasteiger partial charge < -0.3 is 20.3 Å². The summed E-state index contributed by atoms with van der Waals surface area (Å²) in [6.45, 7) is 10.1. The molecule has 0 saturated carbocycles. The van der Waals surface area contributed by atoms with Crippen molar-refractivity contribution in [3.05, 3.63) is 30.1 Å². The van der Waals surface area contributed by atoms with Crippen LogP contribution in [0.25, 0.3) is 11.4 Å². The van der Waals surface area contributed by atoms with Crippen molar-refractivity contribution < 1.29 is 4.74 Å². The van der Waals surface area contributed by atoms with E-state index in [1.165, 1.54) is 0 Å². The topological polar surface area (TPSA) is 90.5 Å². The molecule has 2 heterocycles. The third-order valence-corrected chi connectivity index (χ3v) is 5.21. The first-order valence-corrected chi connectivity index (χ1v) is 10.4. The van der Waals surface area contributed by atoms with Crippen molar-refractivity contribution in [3.63, 3.8) is 0 Å². The highest BCUT2D eigenvalue weighted by atomic mass is 16.5. The van der Waals surface area contributed by atoms with Crippen LogP contribution in [-0.4, -0.2) is 64.9 Å². The average Bonchev–Trinajstić information content (AvgIpc) is 3.22. The minimum absolute atomic E-state index is 0.448. The molecule has 3 rings (SSSR count). The van der Waals surface area contributed by atoms with Crippen LogP contribution in [0.5, 0.6) is 5.75 Å². The van der Waals surface area contributed by atoms with E-state index in [0.29, 0.717) is 24.5 Å². The van der Waals surface area contributed by atoms with Crippen molar-refractivity contribution in [1.29, 1.82) is 0 Å². The summed E-state index contributed by atoms with van der Waals surface area (Å²) >= 11 is 0. The second-order valence-electron chi connectivity index (χ2n) is 7.58. The quantitative estimate of drug-likeness (QED) is 0.489. The molecule has 1 aliphatic rings. The molecular formula is C21H33N7O. The number of ether oxygens (including phenoxy) is 1. The van der Waals surface area contributed by atoms with Crippen LogP contribution < -0.4 is 15.4 Å². The minimum atomic E-state index is 0.448. The van der Waals surface area contributed by atoms with E-state index in [-0.39, 0.29) is 0 Å². The van der Waals surface area contributed by atoms with Crippen molar-refractivity contribution in [2.24, 2.45) is 4.99 Å². The molecule has 29 heavy (non-hydrogen) atoms. The lowest BCUT2D eigenvalue weighted by molar-refractivity contribution is 0.167. The van der Waals surface area contributed by atoms with Crippen LogP contribution in [0.1, 0.15) is 39.4 Å². The highest BCUT2D eigenvalue weighted by Crippen LogP contribution is 2.19. The Morgan fingerprint density at radius 3 is 2.62 bits per heavy atom. The third-order valence-electron chi connectivity index (χ3n) is 5.21. The number of aromatic nitrogens is 3. The molecule has 1 aliphatic heterocycles. The molecule has 8 nitrogen and oxygen atoms in total. The van der Waals surface area contributed by atoms with Crippen molar-refractivity contribution >= 4 is 5.96 Å². The van der Waals surface area contributed by atoms with Crippen LogP contribution in [0.4, 0.5) is 0 Å². The summed E-state index contributed by atoms with van der Waals surface area (Å²) in [5, 5.41) is 14.2. The van der Waals surface area contributed by atoms with Crippen molar-refractivity contribution in [3.8, 4) is 17.1 Å². The number of nitrogens with one attached hydrogen (secondary N) is 3. The Hall–Kier alpha value is -2.61. The number of rotatable bonds is 7. The lowest BCUT2D eigenvalue weighted by Crippen LogP contribution is -2.49. The summed E-state index contributed by atoms with van der Waals surface area (Å²) < 4.78 is 5.19. The zero-order valence-electron chi connectivity index (χ0n) is 17.9. The van der Waals surface area contributed by atoms with E-state index in [0.717, 1.165) is 55.6 Å². The lowest BCUT2D eigenvalue weighted by Gasteiger charge is -2.35. The molecular weight excluding hydrogens is 366 g/mol. The number of benzene rings is 1. The first-order valence-electron chi connectivity index (χ1n) is 10.4. The maximum Gasteiger partial charge on any atom is 0.191 e. The summed E-state index contributed by atoms with van der Waals surface area (Å²) in [5.74, 6) is 3.05. The van der Waals surface area contributed by atoms with Crippen molar-refractivity contribution in [2.75, 3.05) is 26.7 Å². The molecule has 0 aliphatic carbocycles. The molecule has 0 unspecified atom stereocenters. The van der Waals surface area contributed by atoms with E-state index in [9.17, 15) is 0 Å². The first kappa shape index (κ1) is 21.1. The Morgan fingerprint density at radius 1 is 1.28 bits per heavy atom. The molecule has 0 bridgehead atoms. The molecule has 0 spiro atoms. The monoisotopic (exact) mass is 399 g/mol. The van der Waals surface area contributed by atoms with Gasteiger partial charge in [-0.25, -0.2) is 9.98 Å². The molecule has 1 aromatic carbocycles. The SMILES string of the molecule is CCNC(=NCc1nc(-c2ccc(OC)cc2)n[nH]1)NC1CCN(C(C)C)CC1. The molecule has 1 fully saturated rings. The Balaban J connectivity index is 1.58. The van der Waals surface area contributed by atoms with Crippen LogP contribution in [-0.2, 0) is 6.54 Å². The number of hydrogen-bond donors (Lipinski definition) is 3. The number of hydrogen-bond acceptors (Lipinski definition) is 5. The van der Waals surface area contributed by atoms with E-state index in [1.54, 1.807) is 7.11 Å². The first-order chi connectivity index (χ1) is 14.1. The van der Waals surface area contributed by atoms with Crippen molar-refractivity contribution in [2.45, 2.75) is 52.2 Å². The van der Waals surface area contributed by atoms with Gasteiger partial charge in [0.15, 0.2) is 11.8 Å². The Morgan fingerprint density at radius 2 is 2.00 bits per heavy atom. The van der Waals surface area contributed by atoms with Gasteiger partial charge in [-0.1, -0.05) is 0 Å². The number of methoxy groups -OCH3 is 1. The molecule has 1 aromatic heterocycles. The summed E-state index contributed by atoms with van der Waals surface area (Å²) in [7, 11) is 1.65. The molecule has 2 aromatic rings. The number of aromatic amines is 1. The van der Waals surface area contributed by atoms with Gasteiger partial charge in [0.25, 0.3) is 0 Å². The van der Waals surface area contributed by atoms with Gasteiger partial charge in [0, 0.05) is 37.3 Å². The molecule has 8 heteroatoms. The van der Waals surface area contributed by atoms with Crippen LogP contribution in [0.2, 0.25) is 0 Å².